The summed E-state index contributed by atoms with van der Waals surface area (Å²) < 4.78 is 3.23. The van der Waals surface area contributed by atoms with Crippen molar-refractivity contribution in [2.24, 2.45) is 0 Å². The first-order chi connectivity index (χ1) is 11.1. The predicted octanol–water partition coefficient (Wildman–Crippen LogP) is 1.76. The fourth-order valence-electron chi connectivity index (χ4n) is 2.58. The maximum absolute atomic E-state index is 11.3. The molecule has 0 radical (unpaired) electrons. The highest BCUT2D eigenvalue weighted by Crippen LogP contribution is 2.31. The Balaban J connectivity index is 1.91. The van der Waals surface area contributed by atoms with Crippen LogP contribution in [0.15, 0.2) is 49.6 Å². The normalized spacial score (nSPS) is 13.2. The molecule has 0 aliphatic heterocycles. The molecule has 1 unspecified atom stereocenters. The van der Waals surface area contributed by atoms with Gasteiger partial charge in [0.05, 0.1) is 13.1 Å². The largest absolute Gasteiger partial charge is 0.385 e. The van der Waals surface area contributed by atoms with Crippen molar-refractivity contribution in [2.45, 2.75) is 31.5 Å². The Kier molecular flexibility index (Phi) is 4.40. The molecule has 0 spiro atoms. The SMILES string of the molecule is CC(c1ccc(Cl)cc1)C(O)(Cn1cncn1)Cn1cncn1. The Morgan fingerprint density at radius 3 is 2.00 bits per heavy atom. The molecule has 0 bridgehead atoms. The molecule has 3 rings (SSSR count). The van der Waals surface area contributed by atoms with Crippen LogP contribution in [0.1, 0.15) is 18.4 Å². The molecule has 2 aromatic heterocycles. The highest BCUT2D eigenvalue weighted by molar-refractivity contribution is 6.30. The fourth-order valence-corrected chi connectivity index (χ4v) is 2.70. The third-order valence-corrected chi connectivity index (χ3v) is 4.23. The molecule has 1 aromatic carbocycles. The lowest BCUT2D eigenvalue weighted by Crippen LogP contribution is -2.44. The fraction of sp³-hybridized carbons (Fsp3) is 0.333. The number of aliphatic hydroxyl groups is 1. The highest BCUT2D eigenvalue weighted by atomic mass is 35.5. The molecule has 0 amide bonds. The van der Waals surface area contributed by atoms with Gasteiger partial charge in [0, 0.05) is 10.9 Å². The van der Waals surface area contributed by atoms with Crippen LogP contribution < -0.4 is 0 Å². The third-order valence-electron chi connectivity index (χ3n) is 3.98. The van der Waals surface area contributed by atoms with Crippen LogP contribution in [0, 0.1) is 0 Å². The van der Waals surface area contributed by atoms with Gasteiger partial charge >= 0.3 is 0 Å². The molecule has 0 fully saturated rings. The second-order valence-corrected chi connectivity index (χ2v) is 6.00. The minimum absolute atomic E-state index is 0.173. The summed E-state index contributed by atoms with van der Waals surface area (Å²) in [4.78, 5) is 7.87. The first-order valence-electron chi connectivity index (χ1n) is 7.19. The van der Waals surface area contributed by atoms with Crippen molar-refractivity contribution in [2.75, 3.05) is 0 Å². The summed E-state index contributed by atoms with van der Waals surface area (Å²) in [5, 5.41) is 20.2. The topological polar surface area (TPSA) is 81.6 Å². The van der Waals surface area contributed by atoms with E-state index in [9.17, 15) is 5.11 Å². The Bertz CT molecular complexity index is 690. The average molecular weight is 333 g/mol. The van der Waals surface area contributed by atoms with E-state index < -0.39 is 5.60 Å². The van der Waals surface area contributed by atoms with Crippen LogP contribution in [0.3, 0.4) is 0 Å². The second-order valence-electron chi connectivity index (χ2n) is 5.56. The maximum atomic E-state index is 11.3. The lowest BCUT2D eigenvalue weighted by molar-refractivity contribution is -0.0213. The summed E-state index contributed by atoms with van der Waals surface area (Å²) in [5.41, 5.74) is -0.132. The number of rotatable bonds is 6. The van der Waals surface area contributed by atoms with Crippen molar-refractivity contribution < 1.29 is 5.11 Å². The Hall–Kier alpha value is -2.25. The summed E-state index contributed by atoms with van der Waals surface area (Å²) in [6.45, 7) is 2.55. The Morgan fingerprint density at radius 2 is 1.57 bits per heavy atom. The average Bonchev–Trinajstić information content (AvgIpc) is 3.21. The monoisotopic (exact) mass is 332 g/mol. The van der Waals surface area contributed by atoms with Crippen LogP contribution in [0.5, 0.6) is 0 Å². The molecule has 2 heterocycles. The molecule has 0 saturated heterocycles. The van der Waals surface area contributed by atoms with Gasteiger partial charge in [-0.3, -0.25) is 0 Å². The summed E-state index contributed by atoms with van der Waals surface area (Å²) in [5.74, 6) is -0.173. The molecular formula is C15H17ClN6O. The number of nitrogens with zero attached hydrogens (tertiary/aromatic N) is 6. The minimum atomic E-state index is -1.12. The van der Waals surface area contributed by atoms with Crippen LogP contribution in [-0.2, 0) is 13.1 Å². The van der Waals surface area contributed by atoms with Gasteiger partial charge in [-0.05, 0) is 17.7 Å². The van der Waals surface area contributed by atoms with E-state index in [0.29, 0.717) is 5.02 Å². The Morgan fingerprint density at radius 1 is 1.04 bits per heavy atom. The van der Waals surface area contributed by atoms with E-state index in [1.165, 1.54) is 12.7 Å². The van der Waals surface area contributed by atoms with Crippen molar-refractivity contribution in [3.8, 4) is 0 Å². The van der Waals surface area contributed by atoms with Crippen LogP contribution in [0.25, 0.3) is 0 Å². The van der Waals surface area contributed by atoms with Gasteiger partial charge in [0.1, 0.15) is 30.9 Å². The maximum Gasteiger partial charge on any atom is 0.137 e. The quantitative estimate of drug-likeness (QED) is 0.743. The van der Waals surface area contributed by atoms with Gasteiger partial charge in [0.15, 0.2) is 0 Å². The molecule has 23 heavy (non-hydrogen) atoms. The van der Waals surface area contributed by atoms with Crippen molar-refractivity contribution in [3.05, 3.63) is 60.2 Å². The van der Waals surface area contributed by atoms with E-state index in [1.807, 2.05) is 31.2 Å². The summed E-state index contributed by atoms with van der Waals surface area (Å²) in [6, 6.07) is 7.47. The molecule has 8 heteroatoms. The first kappa shape index (κ1) is 15.6. The van der Waals surface area contributed by atoms with Gasteiger partial charge in [0.25, 0.3) is 0 Å². The smallest absolute Gasteiger partial charge is 0.137 e. The lowest BCUT2D eigenvalue weighted by Gasteiger charge is -2.34. The van der Waals surface area contributed by atoms with Crippen LogP contribution >= 0.6 is 11.6 Å². The number of halogens is 1. The van der Waals surface area contributed by atoms with Crippen molar-refractivity contribution >= 4 is 11.6 Å². The van der Waals surface area contributed by atoms with Crippen LogP contribution in [0.2, 0.25) is 5.02 Å². The van der Waals surface area contributed by atoms with Gasteiger partial charge in [0.2, 0.25) is 0 Å². The molecule has 0 aliphatic carbocycles. The van der Waals surface area contributed by atoms with E-state index in [-0.39, 0.29) is 19.0 Å². The molecule has 0 saturated carbocycles. The van der Waals surface area contributed by atoms with Crippen molar-refractivity contribution in [1.82, 2.24) is 29.5 Å². The summed E-state index contributed by atoms with van der Waals surface area (Å²) in [7, 11) is 0. The molecule has 1 N–H and O–H groups in total. The van der Waals surface area contributed by atoms with E-state index in [1.54, 1.807) is 22.0 Å². The van der Waals surface area contributed by atoms with Gasteiger partial charge in [-0.1, -0.05) is 30.7 Å². The zero-order chi connectivity index (χ0) is 16.3. The second kappa shape index (κ2) is 6.47. The number of aromatic nitrogens is 6. The van der Waals surface area contributed by atoms with E-state index in [2.05, 4.69) is 20.2 Å². The van der Waals surface area contributed by atoms with E-state index >= 15 is 0 Å². The molecular weight excluding hydrogens is 316 g/mol. The molecule has 7 nitrogen and oxygen atoms in total. The van der Waals surface area contributed by atoms with Gasteiger partial charge in [-0.15, -0.1) is 0 Å². The van der Waals surface area contributed by atoms with Crippen molar-refractivity contribution in [1.29, 1.82) is 0 Å². The minimum Gasteiger partial charge on any atom is -0.385 e. The molecule has 1 atom stereocenters. The zero-order valence-electron chi connectivity index (χ0n) is 12.6. The van der Waals surface area contributed by atoms with Crippen LogP contribution in [0.4, 0.5) is 0 Å². The molecule has 120 valence electrons. The zero-order valence-corrected chi connectivity index (χ0v) is 13.4. The highest BCUT2D eigenvalue weighted by Gasteiger charge is 2.36. The van der Waals surface area contributed by atoms with E-state index in [0.717, 1.165) is 5.56 Å². The third kappa shape index (κ3) is 3.57. The van der Waals surface area contributed by atoms with Gasteiger partial charge < -0.3 is 5.11 Å². The van der Waals surface area contributed by atoms with E-state index in [4.69, 9.17) is 11.6 Å². The standard InChI is InChI=1S/C15H17ClN6O/c1-12(13-2-4-14(16)5-3-13)15(23,6-21-10-17-8-19-21)7-22-11-18-9-20-22/h2-5,8-12,23H,6-7H2,1H3. The number of benzene rings is 1. The number of hydrogen-bond donors (Lipinski definition) is 1. The molecule has 0 aliphatic rings. The van der Waals surface area contributed by atoms with Gasteiger partial charge in [-0.25, -0.2) is 19.3 Å². The lowest BCUT2D eigenvalue weighted by atomic mass is 9.83. The molecule has 3 aromatic rings. The van der Waals surface area contributed by atoms with Crippen molar-refractivity contribution in [3.63, 3.8) is 0 Å². The predicted molar refractivity (Wildman–Crippen MR) is 84.9 cm³/mol. The van der Waals surface area contributed by atoms with Crippen LogP contribution in [-0.4, -0.2) is 40.2 Å². The summed E-state index contributed by atoms with van der Waals surface area (Å²) in [6.07, 6.45) is 6.06. The van der Waals surface area contributed by atoms with Gasteiger partial charge in [-0.2, -0.15) is 10.2 Å². The Labute approximate surface area is 138 Å². The summed E-state index contributed by atoms with van der Waals surface area (Å²) >= 11 is 5.95. The number of hydrogen-bond acceptors (Lipinski definition) is 5. The first-order valence-corrected chi connectivity index (χ1v) is 7.57.